The van der Waals surface area contributed by atoms with Crippen LogP contribution in [0.25, 0.3) is 10.2 Å². The number of anilines is 2. The molecule has 1 saturated heterocycles. The van der Waals surface area contributed by atoms with Crippen molar-refractivity contribution in [1.82, 2.24) is 14.3 Å². The van der Waals surface area contributed by atoms with Crippen molar-refractivity contribution in [3.05, 3.63) is 40.8 Å². The average molecular weight is 481 g/mol. The number of aryl methyl sites for hydroxylation is 1. The van der Waals surface area contributed by atoms with E-state index in [0.717, 1.165) is 6.26 Å². The molecule has 0 aliphatic carbocycles. The molecular weight excluding hydrogens is 459 g/mol. The van der Waals surface area contributed by atoms with Gasteiger partial charge in [-0.3, -0.25) is 0 Å². The van der Waals surface area contributed by atoms with E-state index in [2.05, 4.69) is 15.3 Å². The van der Waals surface area contributed by atoms with Crippen molar-refractivity contribution in [3.8, 4) is 5.75 Å². The van der Waals surface area contributed by atoms with Gasteiger partial charge in [-0.05, 0) is 31.0 Å². The summed E-state index contributed by atoms with van der Waals surface area (Å²) < 4.78 is 49.7. The number of benzene rings is 1. The molecule has 0 amide bonds. The molecule has 1 fully saturated rings. The van der Waals surface area contributed by atoms with Crippen molar-refractivity contribution in [2.45, 2.75) is 19.4 Å². The molecule has 12 heteroatoms. The Labute approximate surface area is 188 Å². The van der Waals surface area contributed by atoms with Crippen LogP contribution >= 0.6 is 11.3 Å². The van der Waals surface area contributed by atoms with Crippen molar-refractivity contribution in [2.75, 3.05) is 31.8 Å². The topological polar surface area (TPSA) is 111 Å². The molecule has 1 N–H and O–H groups in total. The number of hydrogen-bond acceptors (Lipinski definition) is 9. The summed E-state index contributed by atoms with van der Waals surface area (Å²) in [5, 5.41) is 3.80. The van der Waals surface area contributed by atoms with Crippen LogP contribution in [0.3, 0.4) is 0 Å². The lowest BCUT2D eigenvalue weighted by atomic mass is 10.2. The first-order chi connectivity index (χ1) is 15.2. The van der Waals surface area contributed by atoms with E-state index >= 15 is 0 Å². The highest BCUT2D eigenvalue weighted by Crippen LogP contribution is 2.37. The van der Waals surface area contributed by atoms with Gasteiger partial charge >= 0.3 is 5.97 Å². The summed E-state index contributed by atoms with van der Waals surface area (Å²) in [6, 6.07) is 4.04. The number of hydrogen-bond donors (Lipinski definition) is 1. The van der Waals surface area contributed by atoms with Crippen LogP contribution in [0, 0.1) is 12.7 Å². The molecule has 1 aliphatic heterocycles. The molecular formula is C20H21FN4O5S2. The minimum absolute atomic E-state index is 0.193. The maximum Gasteiger partial charge on any atom is 0.348 e. The molecule has 0 radical (unpaired) electrons. The number of nitrogens with one attached hydrogen (secondary N) is 1. The maximum atomic E-state index is 14.0. The Morgan fingerprint density at radius 2 is 2.12 bits per heavy atom. The first kappa shape index (κ1) is 22.4. The highest BCUT2D eigenvalue weighted by Gasteiger charge is 2.30. The lowest BCUT2D eigenvalue weighted by Gasteiger charge is -2.18. The van der Waals surface area contributed by atoms with Crippen molar-refractivity contribution in [3.63, 3.8) is 0 Å². The van der Waals surface area contributed by atoms with Gasteiger partial charge < -0.3 is 14.8 Å². The highest BCUT2D eigenvalue weighted by atomic mass is 32.2. The first-order valence-electron chi connectivity index (χ1n) is 9.68. The van der Waals surface area contributed by atoms with E-state index < -0.39 is 27.9 Å². The zero-order chi connectivity index (χ0) is 23.0. The predicted octanol–water partition coefficient (Wildman–Crippen LogP) is 3.08. The van der Waals surface area contributed by atoms with Crippen molar-refractivity contribution >= 4 is 49.1 Å². The van der Waals surface area contributed by atoms with Crippen LogP contribution in [0.1, 0.15) is 21.7 Å². The van der Waals surface area contributed by atoms with Gasteiger partial charge in [0.2, 0.25) is 10.0 Å². The fraction of sp³-hybridized carbons (Fsp3) is 0.350. The number of carbonyl (C=O) groups excluding carboxylic acids is 1. The molecule has 0 spiro atoms. The van der Waals surface area contributed by atoms with Gasteiger partial charge in [-0.1, -0.05) is 0 Å². The molecule has 170 valence electrons. The Morgan fingerprint density at radius 3 is 2.81 bits per heavy atom. The second-order valence-electron chi connectivity index (χ2n) is 7.37. The average Bonchev–Trinajstić information content (AvgIpc) is 3.35. The molecule has 4 rings (SSSR count). The standard InChI is InChI=1S/C20H21FN4O5S2/c1-11-16-18(22-10-23-19(16)31-17(11)20(26)29-2)24-14-5-4-12(21)8-15(14)30-13-6-7-25(9-13)32(3,27)28/h4-5,8,10,13H,6-7,9H2,1-3H3,(H,22,23,24)/t13-/m1/s1. The number of halogens is 1. The summed E-state index contributed by atoms with van der Waals surface area (Å²) in [6.07, 6.45) is 2.60. The smallest absolute Gasteiger partial charge is 0.348 e. The van der Waals surface area contributed by atoms with Crippen molar-refractivity contribution in [1.29, 1.82) is 0 Å². The van der Waals surface area contributed by atoms with Crippen LogP contribution in [-0.2, 0) is 14.8 Å². The van der Waals surface area contributed by atoms with E-state index in [1.807, 2.05) is 0 Å². The van der Waals surface area contributed by atoms with Crippen LogP contribution in [-0.4, -0.2) is 61.2 Å². The Hall–Kier alpha value is -2.83. The third-order valence-electron chi connectivity index (χ3n) is 5.16. The lowest BCUT2D eigenvalue weighted by Crippen LogP contribution is -2.30. The van der Waals surface area contributed by atoms with Gasteiger partial charge in [0.15, 0.2) is 0 Å². The van der Waals surface area contributed by atoms with E-state index in [0.29, 0.717) is 45.1 Å². The number of nitrogens with zero attached hydrogens (tertiary/aromatic N) is 3. The Morgan fingerprint density at radius 1 is 1.34 bits per heavy atom. The summed E-state index contributed by atoms with van der Waals surface area (Å²) in [5.74, 6) is -0.285. The first-order valence-corrected chi connectivity index (χ1v) is 12.3. The van der Waals surface area contributed by atoms with Gasteiger partial charge in [0.05, 0.1) is 31.0 Å². The molecule has 3 heterocycles. The van der Waals surface area contributed by atoms with Crippen LogP contribution < -0.4 is 10.1 Å². The summed E-state index contributed by atoms with van der Waals surface area (Å²) in [6.45, 7) is 2.32. The van der Waals surface area contributed by atoms with Gasteiger partial charge in [0.1, 0.15) is 39.5 Å². The maximum absolute atomic E-state index is 14.0. The van der Waals surface area contributed by atoms with E-state index in [4.69, 9.17) is 9.47 Å². The fourth-order valence-electron chi connectivity index (χ4n) is 3.55. The molecule has 0 saturated carbocycles. The largest absolute Gasteiger partial charge is 0.487 e. The number of methoxy groups -OCH3 is 1. The Bertz CT molecular complexity index is 1290. The monoisotopic (exact) mass is 480 g/mol. The molecule has 0 unspecified atom stereocenters. The van der Waals surface area contributed by atoms with Crippen LogP contribution in [0.4, 0.5) is 15.9 Å². The van der Waals surface area contributed by atoms with Crippen LogP contribution in [0.5, 0.6) is 5.75 Å². The minimum Gasteiger partial charge on any atom is -0.487 e. The van der Waals surface area contributed by atoms with Crippen LogP contribution in [0.15, 0.2) is 24.5 Å². The third-order valence-corrected chi connectivity index (χ3v) is 7.61. The molecule has 2 aromatic heterocycles. The number of thiophene rings is 1. The second-order valence-corrected chi connectivity index (χ2v) is 10.3. The van der Waals surface area contributed by atoms with E-state index in [1.54, 1.807) is 6.92 Å². The summed E-state index contributed by atoms with van der Waals surface area (Å²) in [7, 11) is -2.01. The molecule has 1 aliphatic rings. The lowest BCUT2D eigenvalue weighted by molar-refractivity contribution is 0.0605. The molecule has 0 bridgehead atoms. The fourth-order valence-corrected chi connectivity index (χ4v) is 5.49. The SMILES string of the molecule is COC(=O)c1sc2ncnc(Nc3ccc(F)cc3O[C@@H]3CCN(S(C)(=O)=O)C3)c2c1C. The minimum atomic E-state index is -3.32. The third kappa shape index (κ3) is 4.38. The van der Waals surface area contributed by atoms with E-state index in [-0.39, 0.29) is 12.3 Å². The molecule has 1 aromatic carbocycles. The van der Waals surface area contributed by atoms with Crippen LogP contribution in [0.2, 0.25) is 0 Å². The van der Waals surface area contributed by atoms with Gasteiger partial charge in [-0.25, -0.2) is 27.6 Å². The molecule has 9 nitrogen and oxygen atoms in total. The zero-order valence-corrected chi connectivity index (χ0v) is 19.2. The van der Waals surface area contributed by atoms with Gasteiger partial charge in [0, 0.05) is 12.6 Å². The van der Waals surface area contributed by atoms with Gasteiger partial charge in [0.25, 0.3) is 0 Å². The number of ether oxygens (including phenoxy) is 2. The number of carbonyl (C=O) groups is 1. The molecule has 1 atom stereocenters. The number of aromatic nitrogens is 2. The predicted molar refractivity (Wildman–Crippen MR) is 119 cm³/mol. The quantitative estimate of drug-likeness (QED) is 0.536. The summed E-state index contributed by atoms with van der Waals surface area (Å²) >= 11 is 1.20. The van der Waals surface area contributed by atoms with E-state index in [9.17, 15) is 17.6 Å². The molecule has 32 heavy (non-hydrogen) atoms. The normalized spacial score (nSPS) is 16.9. The van der Waals surface area contributed by atoms with E-state index in [1.165, 1.54) is 47.3 Å². The van der Waals surface area contributed by atoms with Gasteiger partial charge in [-0.15, -0.1) is 11.3 Å². The van der Waals surface area contributed by atoms with Crippen molar-refractivity contribution in [2.24, 2.45) is 0 Å². The van der Waals surface area contributed by atoms with Crippen molar-refractivity contribution < 1.29 is 27.1 Å². The molecule has 3 aromatic rings. The number of fused-ring (bicyclic) bond motifs is 1. The number of sulfonamides is 1. The zero-order valence-electron chi connectivity index (χ0n) is 17.6. The second kappa shape index (κ2) is 8.60. The number of rotatable bonds is 6. The Kier molecular flexibility index (Phi) is 6.01. The summed E-state index contributed by atoms with van der Waals surface area (Å²) in [5.41, 5.74) is 1.12. The number of esters is 1. The van der Waals surface area contributed by atoms with Gasteiger partial charge in [-0.2, -0.15) is 4.31 Å². The Balaban J connectivity index is 1.65. The summed E-state index contributed by atoms with van der Waals surface area (Å²) in [4.78, 5) is 21.6. The highest BCUT2D eigenvalue weighted by molar-refractivity contribution is 7.88.